The van der Waals surface area contributed by atoms with Crippen LogP contribution in [-0.4, -0.2) is 28.6 Å². The van der Waals surface area contributed by atoms with Crippen LogP contribution >= 0.6 is 23.5 Å². The molecule has 1 aromatic carbocycles. The lowest BCUT2D eigenvalue weighted by atomic mass is 10.2. The molecule has 1 aliphatic heterocycles. The number of thioether (sulfide) groups is 2. The van der Waals surface area contributed by atoms with Gasteiger partial charge in [-0.2, -0.15) is 0 Å². The summed E-state index contributed by atoms with van der Waals surface area (Å²) in [6.07, 6.45) is 1.30. The van der Waals surface area contributed by atoms with Crippen LogP contribution in [0.4, 0.5) is 0 Å². The van der Waals surface area contributed by atoms with E-state index in [0.29, 0.717) is 4.58 Å². The van der Waals surface area contributed by atoms with E-state index >= 15 is 0 Å². The monoisotopic (exact) mass is 330 g/mol. The molecule has 2 N–H and O–H groups in total. The summed E-state index contributed by atoms with van der Waals surface area (Å²) in [6.45, 7) is 0. The van der Waals surface area contributed by atoms with Gasteiger partial charge >= 0.3 is 0 Å². The summed E-state index contributed by atoms with van der Waals surface area (Å²) in [5.74, 6) is 3.41. The Morgan fingerprint density at radius 1 is 1.05 bits per heavy atom. The van der Waals surface area contributed by atoms with Gasteiger partial charge in [0.25, 0.3) is 0 Å². The van der Waals surface area contributed by atoms with E-state index in [4.69, 9.17) is 4.74 Å². The van der Waals surface area contributed by atoms with Gasteiger partial charge in [-0.05, 0) is 30.1 Å². The van der Waals surface area contributed by atoms with Crippen LogP contribution in [0.5, 0.6) is 5.75 Å². The van der Waals surface area contributed by atoms with Gasteiger partial charge in [-0.3, -0.25) is 0 Å². The predicted molar refractivity (Wildman–Crippen MR) is 96.9 cm³/mol. The molecular weight excluding hydrogens is 312 g/mol. The van der Waals surface area contributed by atoms with Crippen molar-refractivity contribution < 1.29 is 4.74 Å². The number of hydrogen-bond acceptors (Lipinski definition) is 3. The van der Waals surface area contributed by atoms with Gasteiger partial charge in [0.2, 0.25) is 0 Å². The molecule has 0 unspecified atom stereocenters. The molecule has 0 saturated carbocycles. The number of aromatic amines is 2. The number of methoxy groups -OCH3 is 1. The minimum Gasteiger partial charge on any atom is -0.495 e. The molecule has 2 aromatic heterocycles. The Hall–Kier alpha value is -1.46. The van der Waals surface area contributed by atoms with Gasteiger partial charge in [-0.15, -0.1) is 23.5 Å². The summed E-state index contributed by atoms with van der Waals surface area (Å²) in [5.41, 5.74) is 4.56. The topological polar surface area (TPSA) is 40.8 Å². The van der Waals surface area contributed by atoms with Gasteiger partial charge in [0, 0.05) is 17.0 Å². The maximum absolute atomic E-state index is 5.60. The molecule has 4 rings (SSSR count). The van der Waals surface area contributed by atoms with Crippen molar-refractivity contribution in [3.8, 4) is 17.1 Å². The lowest BCUT2D eigenvalue weighted by molar-refractivity contribution is 0.411. The van der Waals surface area contributed by atoms with Gasteiger partial charge < -0.3 is 14.7 Å². The first kappa shape index (κ1) is 14.2. The Kier molecular flexibility index (Phi) is 3.84. The van der Waals surface area contributed by atoms with Crippen molar-refractivity contribution in [2.75, 3.05) is 18.6 Å². The average Bonchev–Trinajstić information content (AvgIpc) is 3.19. The molecule has 0 atom stereocenters. The van der Waals surface area contributed by atoms with E-state index in [1.807, 2.05) is 23.5 Å². The molecular formula is C17H18N2OS2. The summed E-state index contributed by atoms with van der Waals surface area (Å²) in [7, 11) is 1.75. The maximum atomic E-state index is 5.60. The fourth-order valence-corrected chi connectivity index (χ4v) is 5.69. The van der Waals surface area contributed by atoms with E-state index in [0.717, 1.165) is 22.7 Å². The quantitative estimate of drug-likeness (QED) is 0.707. The smallest absolute Gasteiger partial charge is 0.142 e. The van der Waals surface area contributed by atoms with E-state index < -0.39 is 0 Å². The Morgan fingerprint density at radius 2 is 1.82 bits per heavy atom. The van der Waals surface area contributed by atoms with Crippen molar-refractivity contribution in [3.05, 3.63) is 42.1 Å². The molecule has 0 bridgehead atoms. The highest BCUT2D eigenvalue weighted by Crippen LogP contribution is 2.47. The SMILES string of the molecule is COc1cc(-c2cc3ccccc3[nH]2)[nH]c1C1SCCCS1. The lowest BCUT2D eigenvalue weighted by Crippen LogP contribution is -2.02. The number of fused-ring (bicyclic) bond motifs is 1. The van der Waals surface area contributed by atoms with Crippen molar-refractivity contribution in [2.24, 2.45) is 0 Å². The second-order valence-electron chi connectivity index (χ2n) is 5.36. The van der Waals surface area contributed by atoms with E-state index in [-0.39, 0.29) is 0 Å². The summed E-state index contributed by atoms with van der Waals surface area (Å²) in [4.78, 5) is 7.06. The van der Waals surface area contributed by atoms with Crippen molar-refractivity contribution in [3.63, 3.8) is 0 Å². The van der Waals surface area contributed by atoms with Crippen LogP contribution in [-0.2, 0) is 0 Å². The largest absolute Gasteiger partial charge is 0.495 e. The van der Waals surface area contributed by atoms with E-state index in [1.54, 1.807) is 7.11 Å². The van der Waals surface area contributed by atoms with Gasteiger partial charge in [-0.1, -0.05) is 18.2 Å². The number of ether oxygens (including phenoxy) is 1. The van der Waals surface area contributed by atoms with Crippen LogP contribution < -0.4 is 4.74 Å². The van der Waals surface area contributed by atoms with Gasteiger partial charge in [0.1, 0.15) is 5.75 Å². The number of nitrogens with one attached hydrogen (secondary N) is 2. The summed E-state index contributed by atoms with van der Waals surface area (Å²) >= 11 is 4.00. The second-order valence-corrected chi connectivity index (χ2v) is 8.09. The minimum atomic E-state index is 0.446. The molecule has 114 valence electrons. The first-order valence-electron chi connectivity index (χ1n) is 7.43. The van der Waals surface area contributed by atoms with E-state index in [2.05, 4.69) is 46.4 Å². The average molecular weight is 330 g/mol. The van der Waals surface area contributed by atoms with Crippen molar-refractivity contribution in [1.82, 2.24) is 9.97 Å². The molecule has 5 heteroatoms. The number of para-hydroxylation sites is 1. The molecule has 0 spiro atoms. The molecule has 0 amide bonds. The Balaban J connectivity index is 1.73. The number of hydrogen-bond donors (Lipinski definition) is 2. The third-order valence-electron chi connectivity index (χ3n) is 3.91. The van der Waals surface area contributed by atoms with Crippen LogP contribution in [0.15, 0.2) is 36.4 Å². The molecule has 1 fully saturated rings. The lowest BCUT2D eigenvalue weighted by Gasteiger charge is -2.20. The highest BCUT2D eigenvalue weighted by atomic mass is 32.2. The van der Waals surface area contributed by atoms with E-state index in [9.17, 15) is 0 Å². The fraction of sp³-hybridized carbons (Fsp3) is 0.294. The van der Waals surface area contributed by atoms with Crippen LogP contribution in [0.2, 0.25) is 0 Å². The number of aromatic nitrogens is 2. The van der Waals surface area contributed by atoms with Crippen LogP contribution in [0.1, 0.15) is 16.7 Å². The normalized spacial score (nSPS) is 16.2. The highest BCUT2D eigenvalue weighted by molar-refractivity contribution is 8.16. The van der Waals surface area contributed by atoms with Gasteiger partial charge in [0.15, 0.2) is 0 Å². The third kappa shape index (κ3) is 2.52. The fourth-order valence-electron chi connectivity index (χ4n) is 2.81. The maximum Gasteiger partial charge on any atom is 0.142 e. The Morgan fingerprint density at radius 3 is 2.59 bits per heavy atom. The zero-order valence-electron chi connectivity index (χ0n) is 12.4. The minimum absolute atomic E-state index is 0.446. The summed E-state index contributed by atoms with van der Waals surface area (Å²) in [5, 5.41) is 1.23. The molecule has 1 aliphatic rings. The Labute approximate surface area is 138 Å². The molecule has 1 saturated heterocycles. The molecule has 3 aromatic rings. The van der Waals surface area contributed by atoms with Crippen molar-refractivity contribution >= 4 is 34.4 Å². The predicted octanol–water partition coefficient (Wildman–Crippen LogP) is 5.04. The molecule has 0 radical (unpaired) electrons. The molecule has 3 nitrogen and oxygen atoms in total. The second kappa shape index (κ2) is 5.97. The van der Waals surface area contributed by atoms with Gasteiger partial charge in [0.05, 0.1) is 28.8 Å². The van der Waals surface area contributed by atoms with Crippen LogP contribution in [0.25, 0.3) is 22.3 Å². The zero-order chi connectivity index (χ0) is 14.9. The van der Waals surface area contributed by atoms with Crippen LogP contribution in [0.3, 0.4) is 0 Å². The first-order valence-corrected chi connectivity index (χ1v) is 9.53. The number of H-pyrrole nitrogens is 2. The number of rotatable bonds is 3. The summed E-state index contributed by atoms with van der Waals surface area (Å²) < 4.78 is 6.05. The standard InChI is InChI=1S/C17H18N2OS2/c1-20-15-10-14(19-16(15)17-21-7-4-8-22-17)13-9-11-5-2-3-6-12(11)18-13/h2-3,5-6,9-10,17-19H,4,7-8H2,1H3. The van der Waals surface area contributed by atoms with Crippen molar-refractivity contribution in [1.29, 1.82) is 0 Å². The van der Waals surface area contributed by atoms with E-state index in [1.165, 1.54) is 29.0 Å². The molecule has 0 aliphatic carbocycles. The zero-order valence-corrected chi connectivity index (χ0v) is 14.0. The first-order chi connectivity index (χ1) is 10.8. The number of benzene rings is 1. The van der Waals surface area contributed by atoms with Crippen molar-refractivity contribution in [2.45, 2.75) is 11.0 Å². The highest BCUT2D eigenvalue weighted by Gasteiger charge is 2.23. The van der Waals surface area contributed by atoms with Crippen LogP contribution in [0, 0.1) is 0 Å². The Bertz CT molecular complexity index is 754. The molecule has 3 heterocycles. The molecule has 22 heavy (non-hydrogen) atoms. The van der Waals surface area contributed by atoms with Gasteiger partial charge in [-0.25, -0.2) is 0 Å². The third-order valence-corrected chi connectivity index (χ3v) is 6.86. The summed E-state index contributed by atoms with van der Waals surface area (Å²) in [6, 6.07) is 12.6.